The third-order valence-electron chi connectivity index (χ3n) is 2.97. The number of aromatic nitrogens is 2. The quantitative estimate of drug-likeness (QED) is 0.784. The van der Waals surface area contributed by atoms with Gasteiger partial charge < -0.3 is 9.64 Å². The molecule has 0 aromatic carbocycles. The highest BCUT2D eigenvalue weighted by molar-refractivity contribution is 5.51. The Balaban J connectivity index is 2.03. The molecule has 1 aromatic heterocycles. The molecule has 1 saturated heterocycles. The van der Waals surface area contributed by atoms with Crippen molar-refractivity contribution in [2.24, 2.45) is 5.92 Å². The standard InChI is InChI=1S/C12H16N4O/c1-16(8-10-3-2-6-17-9-10)12-11(7-13)4-5-14-15-12/h4-5,10H,2-3,6,8-9H2,1H3. The van der Waals surface area contributed by atoms with Gasteiger partial charge in [0.1, 0.15) is 6.07 Å². The number of anilines is 1. The molecular formula is C12H16N4O. The minimum atomic E-state index is 0.516. The summed E-state index contributed by atoms with van der Waals surface area (Å²) < 4.78 is 5.45. The van der Waals surface area contributed by atoms with Gasteiger partial charge in [0.15, 0.2) is 5.82 Å². The van der Waals surface area contributed by atoms with E-state index in [1.54, 1.807) is 12.3 Å². The highest BCUT2D eigenvalue weighted by Crippen LogP contribution is 2.19. The SMILES string of the molecule is CN(CC1CCCOC1)c1nnccc1C#N. The van der Waals surface area contributed by atoms with Gasteiger partial charge in [0.25, 0.3) is 0 Å². The molecule has 0 saturated carbocycles. The Kier molecular flexibility index (Phi) is 3.89. The van der Waals surface area contributed by atoms with Crippen LogP contribution in [0.15, 0.2) is 12.3 Å². The number of nitrogens with zero attached hydrogens (tertiary/aromatic N) is 4. The monoisotopic (exact) mass is 232 g/mol. The number of hydrogen-bond donors (Lipinski definition) is 0. The summed E-state index contributed by atoms with van der Waals surface area (Å²) in [4.78, 5) is 1.99. The minimum Gasteiger partial charge on any atom is -0.381 e. The third-order valence-corrected chi connectivity index (χ3v) is 2.97. The summed E-state index contributed by atoms with van der Waals surface area (Å²) >= 11 is 0. The van der Waals surface area contributed by atoms with Crippen molar-refractivity contribution in [1.29, 1.82) is 5.26 Å². The molecule has 1 aliphatic heterocycles. The van der Waals surface area contributed by atoms with Crippen LogP contribution in [0.1, 0.15) is 18.4 Å². The molecule has 1 aliphatic rings. The van der Waals surface area contributed by atoms with Crippen LogP contribution in [0, 0.1) is 17.2 Å². The second kappa shape index (κ2) is 5.60. The Morgan fingerprint density at radius 1 is 1.65 bits per heavy atom. The molecule has 0 aliphatic carbocycles. The van der Waals surface area contributed by atoms with Crippen molar-refractivity contribution in [3.8, 4) is 6.07 Å². The zero-order valence-corrected chi connectivity index (χ0v) is 9.96. The maximum atomic E-state index is 9.00. The lowest BCUT2D eigenvalue weighted by molar-refractivity contribution is 0.0576. The van der Waals surface area contributed by atoms with E-state index in [0.29, 0.717) is 17.3 Å². The number of nitriles is 1. The highest BCUT2D eigenvalue weighted by atomic mass is 16.5. The fourth-order valence-electron chi connectivity index (χ4n) is 2.12. The second-order valence-electron chi connectivity index (χ2n) is 4.34. The minimum absolute atomic E-state index is 0.516. The maximum Gasteiger partial charge on any atom is 0.168 e. The molecule has 90 valence electrons. The lowest BCUT2D eigenvalue weighted by Gasteiger charge is -2.27. The molecule has 0 bridgehead atoms. The zero-order chi connectivity index (χ0) is 12.1. The summed E-state index contributed by atoms with van der Waals surface area (Å²) in [6, 6.07) is 3.83. The van der Waals surface area contributed by atoms with E-state index >= 15 is 0 Å². The van der Waals surface area contributed by atoms with Gasteiger partial charge in [-0.3, -0.25) is 0 Å². The summed E-state index contributed by atoms with van der Waals surface area (Å²) in [6.07, 6.45) is 3.83. The van der Waals surface area contributed by atoms with Gasteiger partial charge in [0.05, 0.1) is 18.4 Å². The molecule has 17 heavy (non-hydrogen) atoms. The van der Waals surface area contributed by atoms with E-state index in [1.807, 2.05) is 11.9 Å². The van der Waals surface area contributed by atoms with Crippen molar-refractivity contribution in [3.63, 3.8) is 0 Å². The predicted molar refractivity (Wildman–Crippen MR) is 63.6 cm³/mol. The molecule has 1 aromatic rings. The van der Waals surface area contributed by atoms with Crippen molar-refractivity contribution < 1.29 is 4.74 Å². The molecule has 5 nitrogen and oxygen atoms in total. The molecule has 0 spiro atoms. The predicted octanol–water partition coefficient (Wildman–Crippen LogP) is 1.21. The summed E-state index contributed by atoms with van der Waals surface area (Å²) in [5.41, 5.74) is 0.569. The van der Waals surface area contributed by atoms with Crippen LogP contribution in [0.2, 0.25) is 0 Å². The van der Waals surface area contributed by atoms with Crippen molar-refractivity contribution >= 4 is 5.82 Å². The molecular weight excluding hydrogens is 216 g/mol. The topological polar surface area (TPSA) is 62.0 Å². The first-order chi connectivity index (χ1) is 8.31. The van der Waals surface area contributed by atoms with Crippen molar-refractivity contribution in [2.45, 2.75) is 12.8 Å². The fourth-order valence-corrected chi connectivity index (χ4v) is 2.12. The average Bonchev–Trinajstić information content (AvgIpc) is 2.40. The van der Waals surface area contributed by atoms with Gasteiger partial charge in [0, 0.05) is 20.2 Å². The van der Waals surface area contributed by atoms with Crippen LogP contribution < -0.4 is 4.90 Å². The lowest BCUT2D eigenvalue weighted by atomic mass is 10.0. The summed E-state index contributed by atoms with van der Waals surface area (Å²) in [5.74, 6) is 1.17. The average molecular weight is 232 g/mol. The Morgan fingerprint density at radius 3 is 3.24 bits per heavy atom. The summed E-state index contributed by atoms with van der Waals surface area (Å²) in [5, 5.41) is 16.9. The lowest BCUT2D eigenvalue weighted by Crippen LogP contribution is -2.31. The van der Waals surface area contributed by atoms with E-state index in [4.69, 9.17) is 10.00 Å². The van der Waals surface area contributed by atoms with Gasteiger partial charge in [-0.05, 0) is 24.8 Å². The van der Waals surface area contributed by atoms with E-state index < -0.39 is 0 Å². The van der Waals surface area contributed by atoms with E-state index in [2.05, 4.69) is 16.3 Å². The van der Waals surface area contributed by atoms with E-state index in [0.717, 1.165) is 26.2 Å². The fraction of sp³-hybridized carbons (Fsp3) is 0.583. The van der Waals surface area contributed by atoms with Gasteiger partial charge in [-0.1, -0.05) is 0 Å². The molecule has 0 amide bonds. The van der Waals surface area contributed by atoms with Crippen LogP contribution in [0.4, 0.5) is 5.82 Å². The van der Waals surface area contributed by atoms with E-state index in [9.17, 15) is 0 Å². The zero-order valence-electron chi connectivity index (χ0n) is 9.96. The van der Waals surface area contributed by atoms with Crippen LogP contribution in [0.25, 0.3) is 0 Å². The molecule has 0 radical (unpaired) electrons. The second-order valence-corrected chi connectivity index (χ2v) is 4.34. The highest BCUT2D eigenvalue weighted by Gasteiger charge is 2.18. The molecule has 5 heteroatoms. The number of hydrogen-bond acceptors (Lipinski definition) is 5. The Bertz CT molecular complexity index is 409. The van der Waals surface area contributed by atoms with Crippen LogP contribution >= 0.6 is 0 Å². The first-order valence-electron chi connectivity index (χ1n) is 5.82. The molecule has 2 heterocycles. The van der Waals surface area contributed by atoms with Crippen LogP contribution in [0.5, 0.6) is 0 Å². The normalized spacial score (nSPS) is 19.6. The first kappa shape index (κ1) is 11.8. The Hall–Kier alpha value is -1.67. The largest absolute Gasteiger partial charge is 0.381 e. The Labute approximate surface area is 101 Å². The van der Waals surface area contributed by atoms with Crippen molar-refractivity contribution in [1.82, 2.24) is 10.2 Å². The molecule has 2 rings (SSSR count). The molecule has 1 fully saturated rings. The first-order valence-corrected chi connectivity index (χ1v) is 5.82. The van der Waals surface area contributed by atoms with Gasteiger partial charge in [-0.2, -0.15) is 10.4 Å². The molecule has 0 N–H and O–H groups in total. The van der Waals surface area contributed by atoms with Crippen LogP contribution in [-0.4, -0.2) is 37.0 Å². The van der Waals surface area contributed by atoms with Crippen LogP contribution in [0.3, 0.4) is 0 Å². The van der Waals surface area contributed by atoms with Gasteiger partial charge >= 0.3 is 0 Å². The number of rotatable bonds is 3. The Morgan fingerprint density at radius 2 is 2.53 bits per heavy atom. The third kappa shape index (κ3) is 2.92. The van der Waals surface area contributed by atoms with Crippen molar-refractivity contribution in [3.05, 3.63) is 17.8 Å². The molecule has 1 unspecified atom stereocenters. The van der Waals surface area contributed by atoms with Gasteiger partial charge in [-0.25, -0.2) is 0 Å². The van der Waals surface area contributed by atoms with E-state index in [1.165, 1.54) is 6.42 Å². The van der Waals surface area contributed by atoms with Crippen LogP contribution in [-0.2, 0) is 4.74 Å². The molecule has 1 atom stereocenters. The summed E-state index contributed by atoms with van der Waals surface area (Å²) in [6.45, 7) is 2.52. The van der Waals surface area contributed by atoms with Gasteiger partial charge in [0.2, 0.25) is 0 Å². The summed E-state index contributed by atoms with van der Waals surface area (Å²) in [7, 11) is 1.94. The number of ether oxygens (including phenoxy) is 1. The maximum absolute atomic E-state index is 9.00. The van der Waals surface area contributed by atoms with Crippen molar-refractivity contribution in [2.75, 3.05) is 31.7 Å². The smallest absolute Gasteiger partial charge is 0.168 e. The van der Waals surface area contributed by atoms with Gasteiger partial charge in [-0.15, -0.1) is 5.10 Å². The van der Waals surface area contributed by atoms with E-state index in [-0.39, 0.29) is 0 Å².